The maximum atomic E-state index is 6.03. The molecule has 21 heavy (non-hydrogen) atoms. The van der Waals surface area contributed by atoms with E-state index in [1.807, 2.05) is 12.1 Å². The summed E-state index contributed by atoms with van der Waals surface area (Å²) >= 11 is 6.03. The first-order valence-corrected chi connectivity index (χ1v) is 8.93. The molecule has 0 amide bonds. The van der Waals surface area contributed by atoms with Gasteiger partial charge in [0.1, 0.15) is 0 Å². The van der Waals surface area contributed by atoms with Crippen molar-refractivity contribution in [3.63, 3.8) is 0 Å². The first-order chi connectivity index (χ1) is 10.1. The van der Waals surface area contributed by atoms with E-state index < -0.39 is 0 Å². The lowest BCUT2D eigenvalue weighted by Gasteiger charge is -2.25. The zero-order chi connectivity index (χ0) is 15.7. The molecular weight excluding hydrogens is 278 g/mol. The number of halogens is 1. The molecule has 1 aromatic carbocycles. The van der Waals surface area contributed by atoms with E-state index in [1.54, 1.807) is 0 Å². The van der Waals surface area contributed by atoms with Crippen LogP contribution in [0.2, 0.25) is 5.02 Å². The van der Waals surface area contributed by atoms with Crippen LogP contribution in [0.3, 0.4) is 0 Å². The Morgan fingerprint density at radius 2 is 1.76 bits per heavy atom. The van der Waals surface area contributed by atoms with Crippen molar-refractivity contribution in [3.05, 3.63) is 34.9 Å². The highest BCUT2D eigenvalue weighted by molar-refractivity contribution is 6.30. The molecule has 0 heterocycles. The van der Waals surface area contributed by atoms with Crippen LogP contribution in [0, 0.1) is 5.92 Å². The van der Waals surface area contributed by atoms with Crippen LogP contribution in [0.1, 0.15) is 71.3 Å². The fraction of sp³-hybridized carbons (Fsp3) is 0.684. The normalized spacial score (nSPS) is 14.4. The highest BCUT2D eigenvalue weighted by Crippen LogP contribution is 2.29. The van der Waals surface area contributed by atoms with E-state index in [0.29, 0.717) is 12.0 Å². The second-order valence-corrected chi connectivity index (χ2v) is 6.90. The van der Waals surface area contributed by atoms with E-state index >= 15 is 0 Å². The van der Waals surface area contributed by atoms with Crippen LogP contribution in [0.5, 0.6) is 0 Å². The van der Waals surface area contributed by atoms with Crippen LogP contribution in [0.15, 0.2) is 24.3 Å². The molecule has 0 radical (unpaired) electrons. The molecule has 0 aromatic heterocycles. The Morgan fingerprint density at radius 3 is 2.29 bits per heavy atom. The molecule has 120 valence electrons. The summed E-state index contributed by atoms with van der Waals surface area (Å²) in [6, 6.07) is 8.97. The van der Waals surface area contributed by atoms with E-state index in [4.69, 9.17) is 11.6 Å². The predicted molar refractivity (Wildman–Crippen MR) is 95.3 cm³/mol. The van der Waals surface area contributed by atoms with Crippen LogP contribution in [0.25, 0.3) is 0 Å². The summed E-state index contributed by atoms with van der Waals surface area (Å²) in [5, 5.41) is 4.44. The molecule has 2 unspecified atom stereocenters. The van der Waals surface area contributed by atoms with Crippen molar-refractivity contribution >= 4 is 11.6 Å². The summed E-state index contributed by atoms with van der Waals surface area (Å²) in [6.07, 6.45) is 6.57. The lowest BCUT2D eigenvalue weighted by Crippen LogP contribution is -2.29. The molecular formula is C19H32ClN. The molecule has 0 bridgehead atoms. The fourth-order valence-electron chi connectivity index (χ4n) is 2.83. The van der Waals surface area contributed by atoms with E-state index in [2.05, 4.69) is 45.1 Å². The molecule has 2 heteroatoms. The third-order valence-corrected chi connectivity index (χ3v) is 4.53. The lowest BCUT2D eigenvalue weighted by atomic mass is 9.85. The van der Waals surface area contributed by atoms with E-state index in [9.17, 15) is 0 Å². The molecule has 0 fully saturated rings. The van der Waals surface area contributed by atoms with Gasteiger partial charge in [0.25, 0.3) is 0 Å². The topological polar surface area (TPSA) is 12.0 Å². The minimum absolute atomic E-state index is 0.538. The smallest absolute Gasteiger partial charge is 0.0406 e. The van der Waals surface area contributed by atoms with Crippen LogP contribution in [0.4, 0.5) is 0 Å². The van der Waals surface area contributed by atoms with Gasteiger partial charge in [0, 0.05) is 17.6 Å². The summed E-state index contributed by atoms with van der Waals surface area (Å²) in [4.78, 5) is 0. The summed E-state index contributed by atoms with van der Waals surface area (Å²) in [6.45, 7) is 10.1. The van der Waals surface area contributed by atoms with Gasteiger partial charge in [-0.1, -0.05) is 77.1 Å². The van der Waals surface area contributed by atoms with E-state index in [0.717, 1.165) is 17.5 Å². The molecule has 0 aliphatic heterocycles. The van der Waals surface area contributed by atoms with Crippen molar-refractivity contribution in [2.24, 2.45) is 5.92 Å². The number of nitrogens with one attached hydrogen (secondary N) is 1. The molecule has 0 saturated heterocycles. The Kier molecular flexibility index (Phi) is 9.03. The minimum Gasteiger partial charge on any atom is -0.314 e. The number of hydrogen-bond acceptors (Lipinski definition) is 1. The molecule has 0 aliphatic rings. The summed E-state index contributed by atoms with van der Waals surface area (Å²) in [5.74, 6) is 1.42. The average molecular weight is 310 g/mol. The first-order valence-electron chi connectivity index (χ1n) is 8.55. The van der Waals surface area contributed by atoms with Crippen molar-refractivity contribution in [1.29, 1.82) is 0 Å². The molecule has 1 N–H and O–H groups in total. The van der Waals surface area contributed by atoms with Gasteiger partial charge in [0.2, 0.25) is 0 Å². The fourth-order valence-corrected chi connectivity index (χ4v) is 2.96. The average Bonchev–Trinajstić information content (AvgIpc) is 2.47. The number of unbranched alkanes of at least 4 members (excludes halogenated alkanes) is 1. The highest BCUT2D eigenvalue weighted by atomic mass is 35.5. The van der Waals surface area contributed by atoms with Crippen LogP contribution in [-0.2, 0) is 0 Å². The zero-order valence-corrected chi connectivity index (χ0v) is 14.9. The monoisotopic (exact) mass is 309 g/mol. The van der Waals surface area contributed by atoms with E-state index in [1.165, 1.54) is 37.7 Å². The minimum atomic E-state index is 0.538. The third-order valence-electron chi connectivity index (χ3n) is 4.28. The largest absolute Gasteiger partial charge is 0.314 e. The van der Waals surface area contributed by atoms with Crippen molar-refractivity contribution in [3.8, 4) is 0 Å². The molecule has 1 aromatic rings. The molecule has 1 nitrogen and oxygen atoms in total. The summed E-state index contributed by atoms with van der Waals surface area (Å²) < 4.78 is 0. The van der Waals surface area contributed by atoms with Gasteiger partial charge in [-0.3, -0.25) is 0 Å². The molecule has 1 rings (SSSR count). The Balaban J connectivity index is 2.73. The summed E-state index contributed by atoms with van der Waals surface area (Å²) in [7, 11) is 0. The van der Waals surface area contributed by atoms with Crippen molar-refractivity contribution in [1.82, 2.24) is 5.32 Å². The van der Waals surface area contributed by atoms with E-state index in [-0.39, 0.29) is 0 Å². The standard InChI is InChI=1S/C19H32ClN/c1-5-7-8-16(6-2)13-18(14-21-15(3)4)17-9-11-19(20)12-10-17/h9-12,15-16,18,21H,5-8,13-14H2,1-4H3. The van der Waals surface area contributed by atoms with Gasteiger partial charge in [-0.25, -0.2) is 0 Å². The van der Waals surface area contributed by atoms with Gasteiger partial charge in [0.05, 0.1) is 0 Å². The quantitative estimate of drug-likeness (QED) is 0.556. The second kappa shape index (κ2) is 10.2. The molecule has 0 saturated carbocycles. The Morgan fingerprint density at radius 1 is 1.10 bits per heavy atom. The van der Waals surface area contributed by atoms with Gasteiger partial charge in [-0.05, 0) is 36.0 Å². The van der Waals surface area contributed by atoms with Crippen molar-refractivity contribution < 1.29 is 0 Å². The number of hydrogen-bond donors (Lipinski definition) is 1. The summed E-state index contributed by atoms with van der Waals surface area (Å²) in [5.41, 5.74) is 1.42. The third kappa shape index (κ3) is 7.33. The first kappa shape index (κ1) is 18.5. The maximum absolute atomic E-state index is 6.03. The van der Waals surface area contributed by atoms with Gasteiger partial charge < -0.3 is 5.32 Å². The Bertz CT molecular complexity index is 372. The SMILES string of the molecule is CCCCC(CC)CC(CNC(C)C)c1ccc(Cl)cc1. The Labute approximate surface area is 136 Å². The van der Waals surface area contributed by atoms with Crippen molar-refractivity contribution in [2.75, 3.05) is 6.54 Å². The predicted octanol–water partition coefficient (Wildman–Crippen LogP) is 6.03. The van der Waals surface area contributed by atoms with Gasteiger partial charge >= 0.3 is 0 Å². The maximum Gasteiger partial charge on any atom is 0.0406 e. The second-order valence-electron chi connectivity index (χ2n) is 6.46. The Hall–Kier alpha value is -0.530. The van der Waals surface area contributed by atoms with Crippen molar-refractivity contribution in [2.45, 2.75) is 71.8 Å². The van der Waals surface area contributed by atoms with Gasteiger partial charge in [-0.2, -0.15) is 0 Å². The molecule has 0 spiro atoms. The van der Waals surface area contributed by atoms with Crippen LogP contribution >= 0.6 is 11.6 Å². The molecule has 2 atom stereocenters. The number of benzene rings is 1. The molecule has 0 aliphatic carbocycles. The number of rotatable bonds is 10. The van der Waals surface area contributed by atoms with Crippen LogP contribution < -0.4 is 5.32 Å². The van der Waals surface area contributed by atoms with Gasteiger partial charge in [0.15, 0.2) is 0 Å². The van der Waals surface area contributed by atoms with Crippen LogP contribution in [-0.4, -0.2) is 12.6 Å². The lowest BCUT2D eigenvalue weighted by molar-refractivity contribution is 0.371. The highest BCUT2D eigenvalue weighted by Gasteiger charge is 2.17. The van der Waals surface area contributed by atoms with Gasteiger partial charge in [-0.15, -0.1) is 0 Å². The zero-order valence-electron chi connectivity index (χ0n) is 14.2.